The fraction of sp³-hybridized carbons (Fsp3) is 0.267. The van der Waals surface area contributed by atoms with Crippen molar-refractivity contribution in [2.75, 3.05) is 0 Å². The lowest BCUT2D eigenvalue weighted by atomic mass is 10.1. The molecule has 1 fully saturated rings. The summed E-state index contributed by atoms with van der Waals surface area (Å²) in [5.74, 6) is 0. The molecule has 1 saturated heterocycles. The van der Waals surface area contributed by atoms with Crippen LogP contribution in [0.5, 0.6) is 0 Å². The van der Waals surface area contributed by atoms with Crippen molar-refractivity contribution >= 4 is 10.0 Å². The molecule has 2 heterocycles. The van der Waals surface area contributed by atoms with Gasteiger partial charge < -0.3 is 0 Å². The van der Waals surface area contributed by atoms with Crippen LogP contribution >= 0.6 is 0 Å². The predicted octanol–water partition coefficient (Wildman–Crippen LogP) is 2.52. The van der Waals surface area contributed by atoms with Gasteiger partial charge in [0.1, 0.15) is 0 Å². The number of aromatic nitrogens is 1. The van der Waals surface area contributed by atoms with Crippen molar-refractivity contribution < 1.29 is 8.42 Å². The summed E-state index contributed by atoms with van der Waals surface area (Å²) >= 11 is 0. The maximum atomic E-state index is 12.6. The van der Waals surface area contributed by atoms with E-state index in [0.29, 0.717) is 0 Å². The molecule has 2 aromatic rings. The Bertz CT molecular complexity index is 711. The molecule has 0 radical (unpaired) electrons. The molecule has 0 aliphatic carbocycles. The Morgan fingerprint density at radius 3 is 2.40 bits per heavy atom. The standard InChI is InChI=1S/C15H16N2O2S/c1-11-8-9-14(16-10-11)20(18,19)17-12(2)15(17)13-6-4-3-5-7-13/h3-10,12,15H,1-2H3/t12-,15-,17?/m1/s1. The highest BCUT2D eigenvalue weighted by Crippen LogP contribution is 2.46. The molecule has 5 heteroatoms. The third-order valence-electron chi connectivity index (χ3n) is 3.61. The molecule has 20 heavy (non-hydrogen) atoms. The highest BCUT2D eigenvalue weighted by molar-refractivity contribution is 7.89. The lowest BCUT2D eigenvalue weighted by molar-refractivity contribution is 0.544. The molecule has 0 spiro atoms. The van der Waals surface area contributed by atoms with E-state index in [9.17, 15) is 8.42 Å². The van der Waals surface area contributed by atoms with Crippen molar-refractivity contribution in [3.8, 4) is 0 Å². The van der Waals surface area contributed by atoms with E-state index in [2.05, 4.69) is 4.98 Å². The fourth-order valence-corrected chi connectivity index (χ4v) is 4.22. The number of pyridine rings is 1. The molecule has 0 amide bonds. The second kappa shape index (κ2) is 4.68. The van der Waals surface area contributed by atoms with Gasteiger partial charge in [0.15, 0.2) is 5.03 Å². The second-order valence-electron chi connectivity index (χ2n) is 5.10. The van der Waals surface area contributed by atoms with Crippen LogP contribution in [0.2, 0.25) is 0 Å². The van der Waals surface area contributed by atoms with Gasteiger partial charge in [0.05, 0.1) is 6.04 Å². The SMILES string of the molecule is Cc1ccc(S(=O)(=O)N2[C@H](C)[C@@H]2c2ccccc2)nc1. The minimum absolute atomic E-state index is 0.0227. The zero-order valence-corrected chi connectivity index (χ0v) is 12.2. The molecule has 1 aromatic heterocycles. The quantitative estimate of drug-likeness (QED) is 0.815. The van der Waals surface area contributed by atoms with Crippen LogP contribution in [0, 0.1) is 6.92 Å². The van der Waals surface area contributed by atoms with Gasteiger partial charge in [-0.3, -0.25) is 0 Å². The monoisotopic (exact) mass is 288 g/mol. The molecule has 1 aromatic carbocycles. The average molecular weight is 288 g/mol. The van der Waals surface area contributed by atoms with Gasteiger partial charge in [-0.25, -0.2) is 13.4 Å². The number of nitrogens with zero attached hydrogens (tertiary/aromatic N) is 2. The second-order valence-corrected chi connectivity index (χ2v) is 6.89. The van der Waals surface area contributed by atoms with E-state index in [0.717, 1.165) is 11.1 Å². The summed E-state index contributed by atoms with van der Waals surface area (Å²) in [5.41, 5.74) is 1.97. The Morgan fingerprint density at radius 2 is 1.80 bits per heavy atom. The van der Waals surface area contributed by atoms with E-state index in [-0.39, 0.29) is 17.1 Å². The first-order valence-electron chi connectivity index (χ1n) is 6.53. The van der Waals surface area contributed by atoms with Crippen LogP contribution in [-0.2, 0) is 10.0 Å². The number of rotatable bonds is 3. The Balaban J connectivity index is 1.92. The smallest absolute Gasteiger partial charge is 0.243 e. The van der Waals surface area contributed by atoms with E-state index in [1.807, 2.05) is 44.2 Å². The fourth-order valence-electron chi connectivity index (χ4n) is 2.48. The minimum atomic E-state index is -3.51. The molecule has 1 unspecified atom stereocenters. The number of hydrogen-bond acceptors (Lipinski definition) is 3. The van der Waals surface area contributed by atoms with Gasteiger partial charge in [-0.2, -0.15) is 4.31 Å². The first kappa shape index (κ1) is 13.3. The average Bonchev–Trinajstić information content (AvgIpc) is 3.13. The molecule has 104 valence electrons. The van der Waals surface area contributed by atoms with Crippen molar-refractivity contribution in [3.05, 3.63) is 59.8 Å². The molecular weight excluding hydrogens is 272 g/mol. The van der Waals surface area contributed by atoms with Gasteiger partial charge in [-0.15, -0.1) is 0 Å². The summed E-state index contributed by atoms with van der Waals surface area (Å²) in [7, 11) is -3.51. The highest BCUT2D eigenvalue weighted by atomic mass is 32.2. The maximum absolute atomic E-state index is 12.6. The topological polar surface area (TPSA) is 50.0 Å². The van der Waals surface area contributed by atoms with Crippen molar-refractivity contribution in [1.29, 1.82) is 0 Å². The van der Waals surface area contributed by atoms with Crippen LogP contribution in [0.1, 0.15) is 24.1 Å². The number of benzene rings is 1. The molecule has 4 nitrogen and oxygen atoms in total. The summed E-state index contributed by atoms with van der Waals surface area (Å²) < 4.78 is 26.6. The van der Waals surface area contributed by atoms with Gasteiger partial charge in [0, 0.05) is 12.2 Å². The van der Waals surface area contributed by atoms with Crippen molar-refractivity contribution in [1.82, 2.24) is 9.29 Å². The van der Waals surface area contributed by atoms with Crippen LogP contribution in [0.15, 0.2) is 53.7 Å². The van der Waals surface area contributed by atoms with E-state index in [1.54, 1.807) is 18.3 Å². The number of hydrogen-bond donors (Lipinski definition) is 0. The normalized spacial score (nSPS) is 25.4. The van der Waals surface area contributed by atoms with Crippen LogP contribution in [0.4, 0.5) is 0 Å². The zero-order chi connectivity index (χ0) is 14.3. The van der Waals surface area contributed by atoms with Gasteiger partial charge in [-0.1, -0.05) is 36.4 Å². The summed E-state index contributed by atoms with van der Waals surface area (Å²) in [6.07, 6.45) is 1.58. The summed E-state index contributed by atoms with van der Waals surface area (Å²) in [5, 5.41) is 0.119. The largest absolute Gasteiger partial charge is 0.261 e. The first-order valence-corrected chi connectivity index (χ1v) is 7.97. The maximum Gasteiger partial charge on any atom is 0.261 e. The third kappa shape index (κ3) is 2.13. The van der Waals surface area contributed by atoms with Crippen LogP contribution in [-0.4, -0.2) is 23.7 Å². The lowest BCUT2D eigenvalue weighted by Gasteiger charge is -2.06. The Hall–Kier alpha value is -1.72. The van der Waals surface area contributed by atoms with E-state index < -0.39 is 10.0 Å². The van der Waals surface area contributed by atoms with Gasteiger partial charge in [-0.05, 0) is 31.0 Å². The molecule has 3 atom stereocenters. The minimum Gasteiger partial charge on any atom is -0.243 e. The Kier molecular flexibility index (Phi) is 3.11. The highest BCUT2D eigenvalue weighted by Gasteiger charge is 2.53. The van der Waals surface area contributed by atoms with Crippen molar-refractivity contribution in [2.45, 2.75) is 31.0 Å². The summed E-state index contributed by atoms with van der Waals surface area (Å²) in [6, 6.07) is 12.9. The van der Waals surface area contributed by atoms with Crippen LogP contribution < -0.4 is 0 Å². The summed E-state index contributed by atoms with van der Waals surface area (Å²) in [6.45, 7) is 3.81. The van der Waals surface area contributed by atoms with E-state index >= 15 is 0 Å². The van der Waals surface area contributed by atoms with E-state index in [1.165, 1.54) is 4.31 Å². The molecule has 0 N–H and O–H groups in total. The first-order chi connectivity index (χ1) is 9.51. The lowest BCUT2D eigenvalue weighted by Crippen LogP contribution is -2.15. The predicted molar refractivity (Wildman–Crippen MR) is 76.6 cm³/mol. The van der Waals surface area contributed by atoms with Gasteiger partial charge >= 0.3 is 0 Å². The van der Waals surface area contributed by atoms with Crippen molar-refractivity contribution in [3.63, 3.8) is 0 Å². The molecule has 0 bridgehead atoms. The number of aryl methyl sites for hydroxylation is 1. The third-order valence-corrected chi connectivity index (χ3v) is 5.49. The van der Waals surface area contributed by atoms with Crippen LogP contribution in [0.25, 0.3) is 0 Å². The molecular formula is C15H16N2O2S. The zero-order valence-electron chi connectivity index (χ0n) is 11.4. The van der Waals surface area contributed by atoms with E-state index in [4.69, 9.17) is 0 Å². The summed E-state index contributed by atoms with van der Waals surface area (Å²) in [4.78, 5) is 4.04. The van der Waals surface area contributed by atoms with Gasteiger partial charge in [0.2, 0.25) is 0 Å². The van der Waals surface area contributed by atoms with Gasteiger partial charge in [0.25, 0.3) is 10.0 Å². The molecule has 3 rings (SSSR count). The Morgan fingerprint density at radius 1 is 1.10 bits per heavy atom. The van der Waals surface area contributed by atoms with Crippen molar-refractivity contribution in [2.24, 2.45) is 0 Å². The molecule has 1 aliphatic rings. The molecule has 1 aliphatic heterocycles. The molecule has 0 saturated carbocycles. The van der Waals surface area contributed by atoms with Crippen LogP contribution in [0.3, 0.4) is 0 Å². The Labute approximate surface area is 119 Å². The number of sulfonamides is 1.